The van der Waals surface area contributed by atoms with Gasteiger partial charge >= 0.3 is 12.1 Å². The van der Waals surface area contributed by atoms with Crippen LogP contribution < -0.4 is 10.2 Å². The fourth-order valence-electron chi connectivity index (χ4n) is 3.52. The van der Waals surface area contributed by atoms with Crippen LogP contribution in [0.25, 0.3) is 0 Å². The molecule has 12 heteroatoms. The smallest absolute Gasteiger partial charge is 0.475 e. The van der Waals surface area contributed by atoms with E-state index in [-0.39, 0.29) is 17.9 Å². The van der Waals surface area contributed by atoms with Gasteiger partial charge in [0.2, 0.25) is 11.0 Å². The van der Waals surface area contributed by atoms with E-state index >= 15 is 0 Å². The average Bonchev–Trinajstić information content (AvgIpc) is 3.18. The van der Waals surface area contributed by atoms with Gasteiger partial charge in [-0.15, -0.1) is 10.2 Å². The Bertz CT molecular complexity index is 741. The number of carboxylic acids is 1. The van der Waals surface area contributed by atoms with Crippen LogP contribution in [0.5, 0.6) is 0 Å². The maximum absolute atomic E-state index is 12.6. The number of halogens is 3. The fourth-order valence-corrected chi connectivity index (χ4v) is 4.23. The molecule has 1 aromatic rings. The molecule has 0 bridgehead atoms. The summed E-state index contributed by atoms with van der Waals surface area (Å²) < 4.78 is 37.6. The van der Waals surface area contributed by atoms with Crippen molar-refractivity contribution < 1.29 is 32.6 Å². The summed E-state index contributed by atoms with van der Waals surface area (Å²) in [6, 6.07) is 0. The second-order valence-corrected chi connectivity index (χ2v) is 8.63. The molecular weight excluding hydrogens is 413 g/mol. The van der Waals surface area contributed by atoms with E-state index in [1.807, 2.05) is 6.92 Å². The summed E-state index contributed by atoms with van der Waals surface area (Å²) in [5.74, 6) is -1.50. The molecule has 1 aliphatic carbocycles. The number of carbonyl (C=O) groups is 2. The number of ether oxygens (including phenoxy) is 1. The summed E-state index contributed by atoms with van der Waals surface area (Å²) in [7, 11) is 0. The van der Waals surface area contributed by atoms with Crippen molar-refractivity contribution in [1.82, 2.24) is 15.5 Å². The summed E-state index contributed by atoms with van der Waals surface area (Å²) >= 11 is 1.59. The third kappa shape index (κ3) is 5.78. The number of aliphatic carboxylic acids is 1. The van der Waals surface area contributed by atoms with Gasteiger partial charge in [-0.3, -0.25) is 4.79 Å². The summed E-state index contributed by atoms with van der Waals surface area (Å²) in [6.07, 6.45) is -1.42. The highest BCUT2D eigenvalue weighted by atomic mass is 32.1. The second-order valence-electron chi connectivity index (χ2n) is 7.47. The first-order valence-electron chi connectivity index (χ1n) is 9.39. The molecule has 3 atom stereocenters. The van der Waals surface area contributed by atoms with Crippen molar-refractivity contribution in [2.75, 3.05) is 31.1 Å². The summed E-state index contributed by atoms with van der Waals surface area (Å²) in [5, 5.41) is 20.5. The van der Waals surface area contributed by atoms with Crippen LogP contribution in [0.1, 0.15) is 24.3 Å². The van der Waals surface area contributed by atoms with Crippen LogP contribution in [0.3, 0.4) is 0 Å². The lowest BCUT2D eigenvalue weighted by atomic mass is 9.82. The van der Waals surface area contributed by atoms with Crippen molar-refractivity contribution in [1.29, 1.82) is 0 Å². The molecule has 0 aromatic carbocycles. The Morgan fingerprint density at radius 1 is 1.28 bits per heavy atom. The van der Waals surface area contributed by atoms with Crippen molar-refractivity contribution in [3.8, 4) is 0 Å². The highest BCUT2D eigenvalue weighted by molar-refractivity contribution is 7.15. The Labute approximate surface area is 169 Å². The number of fused-ring (bicyclic) bond motifs is 1. The Morgan fingerprint density at radius 3 is 2.52 bits per heavy atom. The fraction of sp³-hybridized carbons (Fsp3) is 0.765. The molecule has 1 saturated carbocycles. The van der Waals surface area contributed by atoms with Crippen LogP contribution in [-0.2, 0) is 14.3 Å². The number of carboxylic acid groups (broad SMARTS) is 1. The Morgan fingerprint density at radius 2 is 1.97 bits per heavy atom. The molecule has 3 heterocycles. The minimum absolute atomic E-state index is 0.00389. The Kier molecular flexibility index (Phi) is 6.62. The normalized spacial score (nSPS) is 26.3. The number of aryl methyl sites for hydroxylation is 1. The van der Waals surface area contributed by atoms with Gasteiger partial charge in [-0.2, -0.15) is 13.2 Å². The molecule has 2 N–H and O–H groups in total. The van der Waals surface area contributed by atoms with Gasteiger partial charge in [0.15, 0.2) is 0 Å². The van der Waals surface area contributed by atoms with Gasteiger partial charge in [-0.1, -0.05) is 11.3 Å². The molecule has 29 heavy (non-hydrogen) atoms. The minimum atomic E-state index is -5.08. The number of aromatic nitrogens is 2. The van der Waals surface area contributed by atoms with Crippen molar-refractivity contribution in [3.63, 3.8) is 0 Å². The van der Waals surface area contributed by atoms with Crippen LogP contribution >= 0.6 is 11.3 Å². The van der Waals surface area contributed by atoms with E-state index in [4.69, 9.17) is 14.6 Å². The topological polar surface area (TPSA) is 105 Å². The standard InChI is InChI=1S/C15H22N4O2S.C2HF3O2/c1-9-17-18-15(22-9)19-7-12(11-4-5-21-13(11)8-19)14(20)16-6-10-2-3-10;3-2(4,5)1(6)7/h10-13H,2-8H2,1H3,(H,16,20);(H,6,7)/t11-,12+,13+;/m0./s1. The highest BCUT2D eigenvalue weighted by Crippen LogP contribution is 2.36. The van der Waals surface area contributed by atoms with Crippen LogP contribution in [0, 0.1) is 24.7 Å². The highest BCUT2D eigenvalue weighted by Gasteiger charge is 2.44. The van der Waals surface area contributed by atoms with Gasteiger partial charge in [0.05, 0.1) is 12.0 Å². The minimum Gasteiger partial charge on any atom is -0.475 e. The van der Waals surface area contributed by atoms with E-state index in [9.17, 15) is 18.0 Å². The number of rotatable bonds is 4. The van der Waals surface area contributed by atoms with Crippen molar-refractivity contribution in [3.05, 3.63) is 5.01 Å². The second kappa shape index (κ2) is 8.82. The number of amides is 1. The molecule has 4 rings (SSSR count). The van der Waals surface area contributed by atoms with E-state index in [2.05, 4.69) is 20.4 Å². The lowest BCUT2D eigenvalue weighted by Crippen LogP contribution is -2.53. The van der Waals surface area contributed by atoms with Gasteiger partial charge in [0.25, 0.3) is 0 Å². The van der Waals surface area contributed by atoms with E-state index in [0.29, 0.717) is 11.8 Å². The van der Waals surface area contributed by atoms with E-state index in [1.54, 1.807) is 11.3 Å². The zero-order valence-corrected chi connectivity index (χ0v) is 16.6. The predicted molar refractivity (Wildman–Crippen MR) is 97.6 cm³/mol. The third-order valence-electron chi connectivity index (χ3n) is 5.22. The first kappa shape index (κ1) is 21.8. The summed E-state index contributed by atoms with van der Waals surface area (Å²) in [6.45, 7) is 5.12. The molecule has 2 saturated heterocycles. The van der Waals surface area contributed by atoms with Crippen molar-refractivity contribution in [2.45, 2.75) is 38.5 Å². The number of hydrogen-bond donors (Lipinski definition) is 2. The Balaban J connectivity index is 0.000000298. The summed E-state index contributed by atoms with van der Waals surface area (Å²) in [5.41, 5.74) is 0. The lowest BCUT2D eigenvalue weighted by Gasteiger charge is -2.39. The van der Waals surface area contributed by atoms with Crippen LogP contribution in [0.2, 0.25) is 0 Å². The molecule has 0 spiro atoms. The van der Waals surface area contributed by atoms with Gasteiger partial charge in [0, 0.05) is 32.2 Å². The molecule has 3 aliphatic rings. The van der Waals surface area contributed by atoms with Gasteiger partial charge in [-0.25, -0.2) is 4.79 Å². The first-order chi connectivity index (χ1) is 13.6. The van der Waals surface area contributed by atoms with Gasteiger partial charge in [0.1, 0.15) is 5.01 Å². The molecule has 0 radical (unpaired) electrons. The predicted octanol–water partition coefficient (Wildman–Crippen LogP) is 1.85. The monoisotopic (exact) mass is 436 g/mol. The maximum atomic E-state index is 12.6. The van der Waals surface area contributed by atoms with Crippen LogP contribution in [-0.4, -0.2) is 65.7 Å². The quantitative estimate of drug-likeness (QED) is 0.742. The maximum Gasteiger partial charge on any atom is 0.490 e. The molecule has 1 aromatic heterocycles. The van der Waals surface area contributed by atoms with E-state index in [1.165, 1.54) is 12.8 Å². The molecular formula is C17H23F3N4O4S. The molecule has 3 fully saturated rings. The van der Waals surface area contributed by atoms with Crippen LogP contribution in [0.4, 0.5) is 18.3 Å². The van der Waals surface area contributed by atoms with E-state index < -0.39 is 12.1 Å². The molecule has 2 aliphatic heterocycles. The average molecular weight is 436 g/mol. The molecule has 162 valence electrons. The van der Waals surface area contributed by atoms with E-state index in [0.717, 1.165) is 42.8 Å². The zero-order valence-electron chi connectivity index (χ0n) is 15.8. The van der Waals surface area contributed by atoms with Gasteiger partial charge in [-0.05, 0) is 32.1 Å². The molecule has 1 amide bonds. The SMILES string of the molecule is Cc1nnc(N2C[C@H]3OCC[C@H]3[C@H](C(=O)NCC3CC3)C2)s1.O=C(O)C(F)(F)F. The number of carbonyl (C=O) groups excluding carboxylic acids is 1. The molecule has 0 unspecified atom stereocenters. The number of nitrogens with one attached hydrogen (secondary N) is 1. The number of nitrogens with zero attached hydrogens (tertiary/aromatic N) is 3. The van der Waals surface area contributed by atoms with Crippen molar-refractivity contribution in [2.24, 2.45) is 17.8 Å². The third-order valence-corrected chi connectivity index (χ3v) is 6.12. The number of piperidine rings is 1. The zero-order chi connectivity index (χ0) is 21.2. The number of hydrogen-bond acceptors (Lipinski definition) is 7. The Hall–Kier alpha value is -1.95. The number of alkyl halides is 3. The largest absolute Gasteiger partial charge is 0.490 e. The van der Waals surface area contributed by atoms with Crippen LogP contribution in [0.15, 0.2) is 0 Å². The first-order valence-corrected chi connectivity index (χ1v) is 10.2. The lowest BCUT2D eigenvalue weighted by molar-refractivity contribution is -0.192. The molecule has 8 nitrogen and oxygen atoms in total. The summed E-state index contributed by atoms with van der Waals surface area (Å²) in [4.78, 5) is 23.7. The van der Waals surface area contributed by atoms with Crippen molar-refractivity contribution >= 4 is 28.3 Å². The van der Waals surface area contributed by atoms with Gasteiger partial charge < -0.3 is 20.1 Å². The number of anilines is 1.